The van der Waals surface area contributed by atoms with Crippen molar-refractivity contribution in [2.75, 3.05) is 13.2 Å². The highest BCUT2D eigenvalue weighted by atomic mass is 16.6. The van der Waals surface area contributed by atoms with E-state index in [1.54, 1.807) is 6.07 Å². The number of hydrogen-bond donors (Lipinski definition) is 3. The van der Waals surface area contributed by atoms with Gasteiger partial charge in [-0.2, -0.15) is 5.26 Å². The predicted octanol–water partition coefficient (Wildman–Crippen LogP) is -0.337. The fourth-order valence-corrected chi connectivity index (χ4v) is 1.84. The lowest BCUT2D eigenvalue weighted by Gasteiger charge is -2.15. The van der Waals surface area contributed by atoms with Gasteiger partial charge in [0.15, 0.2) is 12.4 Å². The van der Waals surface area contributed by atoms with Crippen molar-refractivity contribution in [1.29, 1.82) is 5.26 Å². The standard InChI is InChI=1S/C12H13N5O4/c13-5-8-6-14-16-12(8)15-11(18)7-21-10-4-2-1-3-9(10)17(19)20/h1-4,8,12,14,16H,6-7H2,(H,15,18). The van der Waals surface area contributed by atoms with Crippen LogP contribution in [0.2, 0.25) is 0 Å². The van der Waals surface area contributed by atoms with E-state index < -0.39 is 17.0 Å². The van der Waals surface area contributed by atoms with E-state index in [-0.39, 0.29) is 24.0 Å². The molecule has 0 aromatic heterocycles. The molecular weight excluding hydrogens is 278 g/mol. The average molecular weight is 291 g/mol. The number of benzene rings is 1. The van der Waals surface area contributed by atoms with E-state index in [9.17, 15) is 14.9 Å². The minimum absolute atomic E-state index is 0.0204. The molecular formula is C12H13N5O4. The van der Waals surface area contributed by atoms with Gasteiger partial charge in [-0.15, -0.1) is 0 Å². The Labute approximate surface area is 120 Å². The Morgan fingerprint density at radius 3 is 3.05 bits per heavy atom. The summed E-state index contributed by atoms with van der Waals surface area (Å²) in [4.78, 5) is 21.9. The van der Waals surface area contributed by atoms with Crippen LogP contribution in [0.15, 0.2) is 24.3 Å². The average Bonchev–Trinajstić information content (AvgIpc) is 2.92. The molecule has 1 aliphatic rings. The summed E-state index contributed by atoms with van der Waals surface area (Å²) in [6.07, 6.45) is -0.517. The molecule has 1 heterocycles. The first-order valence-electron chi connectivity index (χ1n) is 6.15. The smallest absolute Gasteiger partial charge is 0.310 e. The highest BCUT2D eigenvalue weighted by Gasteiger charge is 2.28. The van der Waals surface area contributed by atoms with Crippen LogP contribution in [0, 0.1) is 27.4 Å². The monoisotopic (exact) mass is 291 g/mol. The van der Waals surface area contributed by atoms with E-state index in [1.807, 2.05) is 6.07 Å². The van der Waals surface area contributed by atoms with Crippen LogP contribution in [0.4, 0.5) is 5.69 Å². The molecule has 2 atom stereocenters. The van der Waals surface area contributed by atoms with Crippen LogP contribution in [0.3, 0.4) is 0 Å². The number of para-hydroxylation sites is 2. The minimum atomic E-state index is -0.582. The zero-order valence-electron chi connectivity index (χ0n) is 10.9. The third-order valence-corrected chi connectivity index (χ3v) is 2.88. The first-order valence-corrected chi connectivity index (χ1v) is 6.15. The molecule has 0 radical (unpaired) electrons. The maximum atomic E-state index is 11.7. The summed E-state index contributed by atoms with van der Waals surface area (Å²) in [6.45, 7) is 0.0492. The summed E-state index contributed by atoms with van der Waals surface area (Å²) in [5.74, 6) is -0.846. The topological polar surface area (TPSA) is 129 Å². The van der Waals surface area contributed by atoms with Crippen LogP contribution in [0.25, 0.3) is 0 Å². The summed E-state index contributed by atoms with van der Waals surface area (Å²) in [5.41, 5.74) is 5.30. The molecule has 0 aliphatic carbocycles. The molecule has 110 valence electrons. The van der Waals surface area contributed by atoms with Gasteiger partial charge in [-0.3, -0.25) is 20.3 Å². The normalized spacial score (nSPS) is 20.5. The second-order valence-electron chi connectivity index (χ2n) is 4.32. The van der Waals surface area contributed by atoms with Crippen LogP contribution >= 0.6 is 0 Å². The maximum absolute atomic E-state index is 11.7. The number of nitrogens with one attached hydrogen (secondary N) is 3. The molecule has 0 saturated carbocycles. The molecule has 9 heteroatoms. The van der Waals surface area contributed by atoms with Crippen molar-refractivity contribution in [3.05, 3.63) is 34.4 Å². The van der Waals surface area contributed by atoms with Crippen LogP contribution in [-0.2, 0) is 4.79 Å². The molecule has 1 aliphatic heterocycles. The van der Waals surface area contributed by atoms with Crippen molar-refractivity contribution in [3.8, 4) is 11.8 Å². The van der Waals surface area contributed by atoms with Gasteiger partial charge in [-0.25, -0.2) is 5.43 Å². The number of nitrogens with zero attached hydrogens (tertiary/aromatic N) is 2. The lowest BCUT2D eigenvalue weighted by Crippen LogP contribution is -2.48. The minimum Gasteiger partial charge on any atom is -0.477 e. The highest BCUT2D eigenvalue weighted by molar-refractivity contribution is 5.78. The van der Waals surface area contributed by atoms with Gasteiger partial charge in [0, 0.05) is 12.6 Å². The fraction of sp³-hybridized carbons (Fsp3) is 0.333. The molecule has 0 bridgehead atoms. The Balaban J connectivity index is 1.90. The maximum Gasteiger partial charge on any atom is 0.310 e. The Bertz CT molecular complexity index is 585. The number of nitro benzene ring substituents is 1. The predicted molar refractivity (Wildman–Crippen MR) is 70.8 cm³/mol. The third kappa shape index (κ3) is 3.65. The number of hydrazine groups is 1. The number of hydrogen-bond acceptors (Lipinski definition) is 7. The number of amides is 1. The summed E-state index contributed by atoms with van der Waals surface area (Å²) in [5, 5.41) is 22.2. The zero-order valence-corrected chi connectivity index (χ0v) is 10.9. The molecule has 1 aromatic rings. The van der Waals surface area contributed by atoms with E-state index in [0.717, 1.165) is 0 Å². The molecule has 1 fully saturated rings. The van der Waals surface area contributed by atoms with Gasteiger partial charge in [0.25, 0.3) is 5.91 Å². The number of nitriles is 1. The molecule has 0 spiro atoms. The SMILES string of the molecule is N#CC1CNNC1NC(=O)COc1ccccc1[N+](=O)[O-]. The molecule has 1 saturated heterocycles. The fourth-order valence-electron chi connectivity index (χ4n) is 1.84. The van der Waals surface area contributed by atoms with Crippen molar-refractivity contribution in [1.82, 2.24) is 16.2 Å². The highest BCUT2D eigenvalue weighted by Crippen LogP contribution is 2.25. The van der Waals surface area contributed by atoms with E-state index in [0.29, 0.717) is 6.54 Å². The van der Waals surface area contributed by atoms with E-state index in [4.69, 9.17) is 10.00 Å². The second kappa shape index (κ2) is 6.65. The Hall–Kier alpha value is -2.70. The number of nitro groups is 1. The van der Waals surface area contributed by atoms with Gasteiger partial charge in [0.05, 0.1) is 16.9 Å². The molecule has 21 heavy (non-hydrogen) atoms. The van der Waals surface area contributed by atoms with Crippen LogP contribution in [-0.4, -0.2) is 30.1 Å². The Morgan fingerprint density at radius 2 is 2.33 bits per heavy atom. The van der Waals surface area contributed by atoms with Crippen LogP contribution in [0.1, 0.15) is 0 Å². The van der Waals surface area contributed by atoms with E-state index in [1.165, 1.54) is 18.2 Å². The number of ether oxygens (including phenoxy) is 1. The summed E-state index contributed by atoms with van der Waals surface area (Å²) < 4.78 is 5.15. The molecule has 2 rings (SSSR count). The van der Waals surface area contributed by atoms with Gasteiger partial charge in [0.2, 0.25) is 0 Å². The van der Waals surface area contributed by atoms with Gasteiger partial charge < -0.3 is 10.1 Å². The van der Waals surface area contributed by atoms with E-state index >= 15 is 0 Å². The number of carbonyl (C=O) groups is 1. The van der Waals surface area contributed by atoms with E-state index in [2.05, 4.69) is 16.2 Å². The largest absolute Gasteiger partial charge is 0.477 e. The summed E-state index contributed by atoms with van der Waals surface area (Å²) in [6, 6.07) is 7.84. The van der Waals surface area contributed by atoms with Crippen molar-refractivity contribution in [3.63, 3.8) is 0 Å². The van der Waals surface area contributed by atoms with Gasteiger partial charge >= 0.3 is 5.69 Å². The van der Waals surface area contributed by atoms with Gasteiger partial charge in [-0.05, 0) is 6.07 Å². The quantitative estimate of drug-likeness (QED) is 0.500. The lowest BCUT2D eigenvalue weighted by atomic mass is 10.1. The zero-order chi connectivity index (χ0) is 15.2. The van der Waals surface area contributed by atoms with Crippen molar-refractivity contribution >= 4 is 11.6 Å². The van der Waals surface area contributed by atoms with Crippen molar-refractivity contribution in [2.24, 2.45) is 5.92 Å². The Kier molecular flexibility index (Phi) is 4.65. The number of carbonyl (C=O) groups excluding carboxylic acids is 1. The molecule has 3 N–H and O–H groups in total. The molecule has 9 nitrogen and oxygen atoms in total. The molecule has 2 unspecified atom stereocenters. The van der Waals surface area contributed by atoms with Crippen molar-refractivity contribution in [2.45, 2.75) is 6.17 Å². The summed E-state index contributed by atoms with van der Waals surface area (Å²) in [7, 11) is 0. The third-order valence-electron chi connectivity index (χ3n) is 2.88. The van der Waals surface area contributed by atoms with Gasteiger partial charge in [-0.1, -0.05) is 12.1 Å². The number of rotatable bonds is 5. The van der Waals surface area contributed by atoms with Gasteiger partial charge in [0.1, 0.15) is 6.17 Å². The first-order chi connectivity index (χ1) is 10.1. The Morgan fingerprint density at radius 1 is 1.57 bits per heavy atom. The molecule has 1 amide bonds. The van der Waals surface area contributed by atoms with Crippen molar-refractivity contribution < 1.29 is 14.5 Å². The van der Waals surface area contributed by atoms with Crippen LogP contribution in [0.5, 0.6) is 5.75 Å². The first kappa shape index (κ1) is 14.7. The van der Waals surface area contributed by atoms with Crippen LogP contribution < -0.4 is 20.9 Å². The summed E-state index contributed by atoms with van der Waals surface area (Å²) >= 11 is 0. The molecule has 1 aromatic carbocycles. The lowest BCUT2D eigenvalue weighted by molar-refractivity contribution is -0.385. The second-order valence-corrected chi connectivity index (χ2v) is 4.32.